The molecule has 1 aromatic carbocycles. The molecule has 1 saturated carbocycles. The molecule has 6 nitrogen and oxygen atoms in total. The van der Waals surface area contributed by atoms with Crippen LogP contribution in [0.25, 0.3) is 11.0 Å². The summed E-state index contributed by atoms with van der Waals surface area (Å²) in [5, 5.41) is 11.2. The highest BCUT2D eigenvalue weighted by Crippen LogP contribution is 2.32. The van der Waals surface area contributed by atoms with E-state index in [1.54, 1.807) is 10.9 Å². The van der Waals surface area contributed by atoms with Gasteiger partial charge in [0.25, 0.3) is 5.91 Å². The molecule has 9 heteroatoms. The second kappa shape index (κ2) is 9.18. The Bertz CT molecular complexity index is 1100. The van der Waals surface area contributed by atoms with Crippen LogP contribution in [0.2, 0.25) is 0 Å². The number of carbonyl (C=O) groups is 1. The zero-order valence-corrected chi connectivity index (χ0v) is 17.9. The summed E-state index contributed by atoms with van der Waals surface area (Å²) < 4.78 is 41.6. The maximum Gasteiger partial charge on any atom is 0.416 e. The number of amides is 1. The molecule has 0 radical (unpaired) electrons. The zero-order valence-electron chi connectivity index (χ0n) is 17.9. The van der Waals surface area contributed by atoms with Crippen molar-refractivity contribution >= 4 is 22.6 Å². The Labute approximate surface area is 184 Å². The number of hydrogen-bond donors (Lipinski definition) is 2. The summed E-state index contributed by atoms with van der Waals surface area (Å²) in [7, 11) is 0. The van der Waals surface area contributed by atoms with E-state index in [0.29, 0.717) is 23.4 Å². The van der Waals surface area contributed by atoms with Crippen LogP contribution >= 0.6 is 0 Å². The fourth-order valence-electron chi connectivity index (χ4n) is 4.26. The summed E-state index contributed by atoms with van der Waals surface area (Å²) in [6.07, 6.45) is 4.14. The van der Waals surface area contributed by atoms with Crippen LogP contribution in [0.3, 0.4) is 0 Å². The van der Waals surface area contributed by atoms with E-state index >= 15 is 0 Å². The van der Waals surface area contributed by atoms with Gasteiger partial charge in [0, 0.05) is 25.3 Å². The fraction of sp³-hybridized carbons (Fsp3) is 0.435. The second-order valence-corrected chi connectivity index (χ2v) is 8.06. The van der Waals surface area contributed by atoms with Crippen LogP contribution in [-0.2, 0) is 19.3 Å². The number of hydrogen-bond acceptors (Lipinski definition) is 4. The molecule has 2 N–H and O–H groups in total. The third-order valence-electron chi connectivity index (χ3n) is 5.93. The molecule has 0 unspecified atom stereocenters. The lowest BCUT2D eigenvalue weighted by Crippen LogP contribution is -2.28. The Morgan fingerprint density at radius 3 is 2.62 bits per heavy atom. The molecule has 1 aliphatic carbocycles. The number of pyridine rings is 1. The minimum Gasteiger partial charge on any atom is -0.381 e. The van der Waals surface area contributed by atoms with Gasteiger partial charge in [-0.15, -0.1) is 0 Å². The molecular weight excluding hydrogens is 419 g/mol. The fourth-order valence-corrected chi connectivity index (χ4v) is 4.26. The van der Waals surface area contributed by atoms with Crippen molar-refractivity contribution in [1.29, 1.82) is 0 Å². The Morgan fingerprint density at radius 1 is 1.16 bits per heavy atom. The van der Waals surface area contributed by atoms with Crippen molar-refractivity contribution in [2.75, 3.05) is 5.32 Å². The molecule has 1 aliphatic rings. The predicted molar refractivity (Wildman–Crippen MR) is 116 cm³/mol. The van der Waals surface area contributed by atoms with E-state index in [1.807, 2.05) is 6.92 Å². The number of benzene rings is 1. The molecule has 2 aromatic heterocycles. The number of alkyl halides is 3. The van der Waals surface area contributed by atoms with Crippen molar-refractivity contribution in [2.24, 2.45) is 0 Å². The van der Waals surface area contributed by atoms with Gasteiger partial charge in [-0.3, -0.25) is 4.79 Å². The topological polar surface area (TPSA) is 71.8 Å². The van der Waals surface area contributed by atoms with Crippen molar-refractivity contribution in [3.8, 4) is 0 Å². The van der Waals surface area contributed by atoms with E-state index in [1.165, 1.54) is 30.8 Å². The molecule has 1 amide bonds. The normalized spacial score (nSPS) is 15.1. The van der Waals surface area contributed by atoms with Gasteiger partial charge in [0.2, 0.25) is 0 Å². The molecule has 1 fully saturated rings. The maximum absolute atomic E-state index is 13.3. The van der Waals surface area contributed by atoms with Gasteiger partial charge in [-0.25, -0.2) is 9.67 Å². The molecule has 4 rings (SSSR count). The van der Waals surface area contributed by atoms with Crippen LogP contribution < -0.4 is 10.6 Å². The molecule has 3 aromatic rings. The van der Waals surface area contributed by atoms with Gasteiger partial charge in [-0.2, -0.15) is 18.3 Å². The van der Waals surface area contributed by atoms with Crippen molar-refractivity contribution in [1.82, 2.24) is 20.1 Å². The number of aryl methyl sites for hydroxylation is 1. The van der Waals surface area contributed by atoms with E-state index in [4.69, 9.17) is 0 Å². The molecule has 0 saturated heterocycles. The smallest absolute Gasteiger partial charge is 0.381 e. The van der Waals surface area contributed by atoms with Crippen LogP contribution in [0.4, 0.5) is 18.9 Å². The van der Waals surface area contributed by atoms with Crippen LogP contribution in [-0.4, -0.2) is 26.7 Å². The first-order valence-corrected chi connectivity index (χ1v) is 10.9. The third-order valence-corrected chi connectivity index (χ3v) is 5.93. The SMILES string of the molecule is CCn1ncc2c(NC3CCCCC3)c(C(=O)NCc3ccccc3C(F)(F)F)cnc21. The van der Waals surface area contributed by atoms with E-state index in [9.17, 15) is 18.0 Å². The molecular formula is C23H26F3N5O. The minimum absolute atomic E-state index is 0.0166. The summed E-state index contributed by atoms with van der Waals surface area (Å²) in [4.78, 5) is 17.5. The molecule has 0 spiro atoms. The zero-order chi connectivity index (χ0) is 22.7. The second-order valence-electron chi connectivity index (χ2n) is 8.06. The standard InChI is InChI=1S/C23H26F3N5O/c1-2-31-21-17(14-29-31)20(30-16-9-4-3-5-10-16)18(13-27-21)22(32)28-12-15-8-6-7-11-19(15)23(24,25)26/h6-8,11,13-14,16H,2-5,9-10,12H2,1H3,(H,27,30)(H,28,32). The number of nitrogens with zero attached hydrogens (tertiary/aromatic N) is 3. The van der Waals surface area contributed by atoms with Gasteiger partial charge >= 0.3 is 6.18 Å². The number of carbonyl (C=O) groups excluding carboxylic acids is 1. The van der Waals surface area contributed by atoms with Crippen molar-refractivity contribution in [3.05, 3.63) is 53.3 Å². The number of halogens is 3. The van der Waals surface area contributed by atoms with Crippen molar-refractivity contribution < 1.29 is 18.0 Å². The van der Waals surface area contributed by atoms with E-state index < -0.39 is 17.6 Å². The summed E-state index contributed by atoms with van der Waals surface area (Å²) in [6, 6.07) is 5.49. The summed E-state index contributed by atoms with van der Waals surface area (Å²) in [5.74, 6) is -0.473. The van der Waals surface area contributed by atoms with Crippen LogP contribution in [0.1, 0.15) is 60.5 Å². The van der Waals surface area contributed by atoms with Gasteiger partial charge < -0.3 is 10.6 Å². The van der Waals surface area contributed by atoms with E-state index in [0.717, 1.165) is 37.1 Å². The van der Waals surface area contributed by atoms with Gasteiger partial charge in [-0.05, 0) is 31.4 Å². The summed E-state index contributed by atoms with van der Waals surface area (Å²) in [6.45, 7) is 2.36. The highest BCUT2D eigenvalue weighted by molar-refractivity contribution is 6.06. The maximum atomic E-state index is 13.3. The lowest BCUT2D eigenvalue weighted by atomic mass is 9.95. The Kier molecular flexibility index (Phi) is 6.34. The lowest BCUT2D eigenvalue weighted by molar-refractivity contribution is -0.138. The van der Waals surface area contributed by atoms with Crippen molar-refractivity contribution in [2.45, 2.75) is 64.3 Å². The van der Waals surface area contributed by atoms with Crippen LogP contribution in [0.5, 0.6) is 0 Å². The average Bonchev–Trinajstić information content (AvgIpc) is 3.21. The summed E-state index contributed by atoms with van der Waals surface area (Å²) >= 11 is 0. The molecule has 170 valence electrons. The first-order chi connectivity index (χ1) is 15.4. The lowest BCUT2D eigenvalue weighted by Gasteiger charge is -2.25. The third kappa shape index (κ3) is 4.56. The Hall–Kier alpha value is -3.10. The number of nitrogens with one attached hydrogen (secondary N) is 2. The molecule has 2 heterocycles. The predicted octanol–water partition coefficient (Wildman–Crippen LogP) is 5.14. The van der Waals surface area contributed by atoms with Gasteiger partial charge in [-0.1, -0.05) is 37.5 Å². The monoisotopic (exact) mass is 445 g/mol. The highest BCUT2D eigenvalue weighted by atomic mass is 19.4. The number of aromatic nitrogens is 3. The minimum atomic E-state index is -4.48. The Balaban J connectivity index is 1.63. The first-order valence-electron chi connectivity index (χ1n) is 10.9. The van der Waals surface area contributed by atoms with E-state index in [2.05, 4.69) is 20.7 Å². The van der Waals surface area contributed by atoms with Gasteiger partial charge in [0.1, 0.15) is 0 Å². The van der Waals surface area contributed by atoms with Crippen LogP contribution in [0, 0.1) is 0 Å². The van der Waals surface area contributed by atoms with Crippen molar-refractivity contribution in [3.63, 3.8) is 0 Å². The highest BCUT2D eigenvalue weighted by Gasteiger charge is 2.33. The Morgan fingerprint density at radius 2 is 1.91 bits per heavy atom. The average molecular weight is 445 g/mol. The van der Waals surface area contributed by atoms with E-state index in [-0.39, 0.29) is 18.2 Å². The van der Waals surface area contributed by atoms with Crippen LogP contribution in [0.15, 0.2) is 36.7 Å². The number of fused-ring (bicyclic) bond motifs is 1. The number of rotatable bonds is 6. The molecule has 0 bridgehead atoms. The van der Waals surface area contributed by atoms with Gasteiger partial charge in [0.15, 0.2) is 5.65 Å². The molecule has 32 heavy (non-hydrogen) atoms. The molecule has 0 atom stereocenters. The molecule has 0 aliphatic heterocycles. The summed E-state index contributed by atoms with van der Waals surface area (Å²) in [5.41, 5.74) is 0.887. The quantitative estimate of drug-likeness (QED) is 0.551. The van der Waals surface area contributed by atoms with Gasteiger partial charge in [0.05, 0.1) is 28.4 Å². The first kappa shape index (κ1) is 22.1. The largest absolute Gasteiger partial charge is 0.416 e. The number of anilines is 1.